The lowest BCUT2D eigenvalue weighted by Gasteiger charge is -2.12. The Labute approximate surface area is 205 Å². The van der Waals surface area contributed by atoms with Crippen molar-refractivity contribution >= 4 is 65.7 Å². The first-order valence-electron chi connectivity index (χ1n) is 9.35. The highest BCUT2D eigenvalue weighted by molar-refractivity contribution is 9.11. The van der Waals surface area contributed by atoms with Crippen molar-refractivity contribution in [1.29, 1.82) is 0 Å². The van der Waals surface area contributed by atoms with Crippen molar-refractivity contribution in [3.05, 3.63) is 102 Å². The molecule has 0 spiro atoms. The Bertz CT molecular complexity index is 1190. The first-order chi connectivity index (χ1) is 14.9. The fourth-order valence-electron chi connectivity index (χ4n) is 2.95. The highest BCUT2D eigenvalue weighted by Crippen LogP contribution is 2.36. The summed E-state index contributed by atoms with van der Waals surface area (Å²) in [6.07, 6.45) is 1.69. The van der Waals surface area contributed by atoms with E-state index in [1.54, 1.807) is 6.08 Å². The second-order valence-electron chi connectivity index (χ2n) is 6.90. The van der Waals surface area contributed by atoms with Gasteiger partial charge >= 0.3 is 5.97 Å². The van der Waals surface area contributed by atoms with Crippen molar-refractivity contribution < 1.29 is 14.3 Å². The number of esters is 1. The maximum Gasteiger partial charge on any atom is 0.363 e. The van der Waals surface area contributed by atoms with Crippen LogP contribution in [0.5, 0.6) is 5.75 Å². The predicted octanol–water partition coefficient (Wildman–Crippen LogP) is 7.21. The molecule has 1 aliphatic heterocycles. The molecule has 156 valence electrons. The number of hydrogen-bond donors (Lipinski definition) is 0. The Morgan fingerprint density at radius 3 is 2.32 bits per heavy atom. The molecule has 0 saturated heterocycles. The van der Waals surface area contributed by atoms with E-state index in [1.807, 2.05) is 67.6 Å². The van der Waals surface area contributed by atoms with Crippen LogP contribution in [0.15, 0.2) is 84.8 Å². The summed E-state index contributed by atoms with van der Waals surface area (Å²) in [6, 6.07) is 19.3. The molecule has 0 saturated carbocycles. The van der Waals surface area contributed by atoms with E-state index in [1.165, 1.54) is 0 Å². The fraction of sp³-hybridized carbons (Fsp3) is 0.0833. The van der Waals surface area contributed by atoms with Crippen LogP contribution in [-0.4, -0.2) is 11.9 Å². The van der Waals surface area contributed by atoms with E-state index in [0.717, 1.165) is 35.7 Å². The highest BCUT2D eigenvalue weighted by Gasteiger charge is 2.24. The molecule has 0 atom stereocenters. The van der Waals surface area contributed by atoms with E-state index in [4.69, 9.17) is 9.47 Å². The standard InChI is InChI=1S/C24H16Br3NO3/c1-14-6-8-16(9-7-14)23-28-21(24(29)31-23)12-15-10-19(26)22(20(27)11-15)30-13-17-4-2-3-5-18(17)25/h2-12H,13H2,1H3/b21-12-. The van der Waals surface area contributed by atoms with Crippen molar-refractivity contribution in [1.82, 2.24) is 0 Å². The minimum atomic E-state index is -0.475. The summed E-state index contributed by atoms with van der Waals surface area (Å²) < 4.78 is 13.9. The van der Waals surface area contributed by atoms with Crippen LogP contribution in [0, 0.1) is 6.92 Å². The summed E-state index contributed by atoms with van der Waals surface area (Å²) in [7, 11) is 0. The molecule has 3 aromatic rings. The van der Waals surface area contributed by atoms with E-state index in [-0.39, 0.29) is 5.70 Å². The zero-order valence-electron chi connectivity index (χ0n) is 16.4. The second-order valence-corrected chi connectivity index (χ2v) is 9.46. The van der Waals surface area contributed by atoms with Crippen LogP contribution in [0.4, 0.5) is 0 Å². The molecule has 3 aromatic carbocycles. The van der Waals surface area contributed by atoms with Gasteiger partial charge in [-0.25, -0.2) is 9.79 Å². The summed E-state index contributed by atoms with van der Waals surface area (Å²) in [6.45, 7) is 2.41. The van der Waals surface area contributed by atoms with Gasteiger partial charge in [-0.05, 0) is 80.8 Å². The maximum atomic E-state index is 12.3. The Hall–Kier alpha value is -2.22. The van der Waals surface area contributed by atoms with Crippen LogP contribution in [-0.2, 0) is 16.1 Å². The number of rotatable bonds is 5. The minimum Gasteiger partial charge on any atom is -0.486 e. The van der Waals surface area contributed by atoms with Gasteiger partial charge < -0.3 is 9.47 Å². The van der Waals surface area contributed by atoms with Gasteiger partial charge in [-0.15, -0.1) is 0 Å². The van der Waals surface area contributed by atoms with Crippen LogP contribution in [0.1, 0.15) is 22.3 Å². The van der Waals surface area contributed by atoms with E-state index >= 15 is 0 Å². The van der Waals surface area contributed by atoms with Gasteiger partial charge in [0, 0.05) is 15.6 Å². The SMILES string of the molecule is Cc1ccc(C2=N/C(=C\c3cc(Br)c(OCc4ccccc4Br)c(Br)c3)C(=O)O2)cc1. The average molecular weight is 606 g/mol. The maximum absolute atomic E-state index is 12.3. The topological polar surface area (TPSA) is 47.9 Å². The number of nitrogens with zero attached hydrogens (tertiary/aromatic N) is 1. The average Bonchev–Trinajstić information content (AvgIpc) is 3.09. The Kier molecular flexibility index (Phi) is 6.74. The molecule has 7 heteroatoms. The van der Waals surface area contributed by atoms with Crippen molar-refractivity contribution in [3.63, 3.8) is 0 Å². The molecule has 4 rings (SSSR count). The summed E-state index contributed by atoms with van der Waals surface area (Å²) in [4.78, 5) is 16.7. The molecule has 1 aliphatic rings. The minimum absolute atomic E-state index is 0.247. The van der Waals surface area contributed by atoms with Gasteiger partial charge in [0.2, 0.25) is 5.90 Å². The van der Waals surface area contributed by atoms with Crippen LogP contribution in [0.25, 0.3) is 6.08 Å². The Morgan fingerprint density at radius 1 is 0.968 bits per heavy atom. The molecule has 31 heavy (non-hydrogen) atoms. The Balaban J connectivity index is 1.56. The van der Waals surface area contributed by atoms with Gasteiger partial charge in [0.05, 0.1) is 8.95 Å². The van der Waals surface area contributed by atoms with E-state index in [9.17, 15) is 4.79 Å². The smallest absolute Gasteiger partial charge is 0.363 e. The van der Waals surface area contributed by atoms with E-state index in [0.29, 0.717) is 18.3 Å². The second kappa shape index (κ2) is 9.51. The van der Waals surface area contributed by atoms with Gasteiger partial charge in [-0.3, -0.25) is 0 Å². The molecule has 0 radical (unpaired) electrons. The normalized spacial score (nSPS) is 14.5. The molecule has 0 fully saturated rings. The number of cyclic esters (lactones) is 1. The molecule has 0 N–H and O–H groups in total. The summed E-state index contributed by atoms with van der Waals surface area (Å²) in [5.74, 6) is 0.510. The van der Waals surface area contributed by atoms with Gasteiger partial charge in [0.25, 0.3) is 0 Å². The number of halogens is 3. The molecule has 0 aliphatic carbocycles. The molecular weight excluding hydrogens is 590 g/mol. The number of carbonyl (C=O) groups is 1. The quantitative estimate of drug-likeness (QED) is 0.228. The van der Waals surface area contributed by atoms with Crippen molar-refractivity contribution in [2.24, 2.45) is 4.99 Å². The number of benzene rings is 3. The van der Waals surface area contributed by atoms with Gasteiger partial charge in [-0.1, -0.05) is 51.8 Å². The molecular formula is C24H16Br3NO3. The molecule has 0 aromatic heterocycles. The summed E-state index contributed by atoms with van der Waals surface area (Å²) >= 11 is 10.7. The zero-order chi connectivity index (χ0) is 22.0. The number of aryl methyl sites for hydroxylation is 1. The molecule has 0 amide bonds. The van der Waals surface area contributed by atoms with Crippen molar-refractivity contribution in [3.8, 4) is 5.75 Å². The Morgan fingerprint density at radius 2 is 1.65 bits per heavy atom. The van der Waals surface area contributed by atoms with E-state index in [2.05, 4.69) is 52.8 Å². The molecule has 0 unspecified atom stereocenters. The number of hydrogen-bond acceptors (Lipinski definition) is 4. The third kappa shape index (κ3) is 5.17. The van der Waals surface area contributed by atoms with Crippen molar-refractivity contribution in [2.75, 3.05) is 0 Å². The lowest BCUT2D eigenvalue weighted by molar-refractivity contribution is -0.129. The largest absolute Gasteiger partial charge is 0.486 e. The van der Waals surface area contributed by atoms with Gasteiger partial charge in [-0.2, -0.15) is 0 Å². The van der Waals surface area contributed by atoms with Crippen LogP contribution in [0.2, 0.25) is 0 Å². The third-order valence-electron chi connectivity index (χ3n) is 4.57. The highest BCUT2D eigenvalue weighted by atomic mass is 79.9. The molecule has 0 bridgehead atoms. The first-order valence-corrected chi connectivity index (χ1v) is 11.7. The van der Waals surface area contributed by atoms with Crippen molar-refractivity contribution in [2.45, 2.75) is 13.5 Å². The van der Waals surface area contributed by atoms with Crippen LogP contribution >= 0.6 is 47.8 Å². The lowest BCUT2D eigenvalue weighted by Crippen LogP contribution is -2.05. The third-order valence-corrected chi connectivity index (χ3v) is 6.52. The fourth-order valence-corrected chi connectivity index (χ4v) is 4.80. The first kappa shape index (κ1) is 22.0. The van der Waals surface area contributed by atoms with E-state index < -0.39 is 5.97 Å². The number of ether oxygens (including phenoxy) is 2. The van der Waals surface area contributed by atoms with Gasteiger partial charge in [0.1, 0.15) is 12.4 Å². The number of aliphatic imine (C=N–C) groups is 1. The monoisotopic (exact) mass is 603 g/mol. The number of carbonyl (C=O) groups excluding carboxylic acids is 1. The predicted molar refractivity (Wildman–Crippen MR) is 132 cm³/mol. The molecule has 4 nitrogen and oxygen atoms in total. The summed E-state index contributed by atoms with van der Waals surface area (Å²) in [5, 5.41) is 0. The summed E-state index contributed by atoms with van der Waals surface area (Å²) in [5.41, 5.74) is 3.96. The van der Waals surface area contributed by atoms with Crippen LogP contribution < -0.4 is 4.74 Å². The molecule has 1 heterocycles. The van der Waals surface area contributed by atoms with Gasteiger partial charge in [0.15, 0.2) is 5.70 Å². The lowest BCUT2D eigenvalue weighted by atomic mass is 10.1. The zero-order valence-corrected chi connectivity index (χ0v) is 21.1. The van der Waals surface area contributed by atoms with Crippen LogP contribution in [0.3, 0.4) is 0 Å².